The van der Waals surface area contributed by atoms with Gasteiger partial charge >= 0.3 is 0 Å². The molecule has 0 saturated heterocycles. The first-order chi connectivity index (χ1) is 7.74. The lowest BCUT2D eigenvalue weighted by Gasteiger charge is -1.96. The Morgan fingerprint density at radius 2 is 1.88 bits per heavy atom. The first-order valence-corrected chi connectivity index (χ1v) is 5.49. The van der Waals surface area contributed by atoms with E-state index in [4.69, 9.17) is 11.6 Å². The molecule has 0 saturated carbocycles. The number of aromatic nitrogens is 1. The molecule has 0 amide bonds. The lowest BCUT2D eigenvalue weighted by Crippen LogP contribution is -1.83. The molecule has 1 aromatic carbocycles. The Morgan fingerprint density at radius 3 is 2.62 bits per heavy atom. The molecule has 16 heavy (non-hydrogen) atoms. The summed E-state index contributed by atoms with van der Waals surface area (Å²) in [5.41, 5.74) is 3.06. The first-order valence-electron chi connectivity index (χ1n) is 5.11. The molecular formula is C14H12ClN. The zero-order valence-electron chi connectivity index (χ0n) is 9.02. The average Bonchev–Trinajstić information content (AvgIpc) is 2.27. The summed E-state index contributed by atoms with van der Waals surface area (Å²) in [5.74, 6) is 0. The zero-order valence-corrected chi connectivity index (χ0v) is 9.78. The number of hydrogen-bond acceptors (Lipinski definition) is 1. The molecule has 1 aromatic heterocycles. The summed E-state index contributed by atoms with van der Waals surface area (Å²) >= 11 is 5.90. The van der Waals surface area contributed by atoms with Gasteiger partial charge in [0.2, 0.25) is 0 Å². The summed E-state index contributed by atoms with van der Waals surface area (Å²) in [6, 6.07) is 13.7. The molecule has 2 rings (SSSR count). The molecule has 0 aliphatic carbocycles. The molecule has 0 unspecified atom stereocenters. The quantitative estimate of drug-likeness (QED) is 0.752. The third kappa shape index (κ3) is 2.94. The smallest absolute Gasteiger partial charge is 0.0633 e. The molecule has 0 bridgehead atoms. The van der Waals surface area contributed by atoms with Crippen LogP contribution in [0.5, 0.6) is 0 Å². The Labute approximate surface area is 100 Å². The molecule has 0 fully saturated rings. The lowest BCUT2D eigenvalue weighted by molar-refractivity contribution is 1.18. The van der Waals surface area contributed by atoms with Gasteiger partial charge in [-0.05, 0) is 42.8 Å². The van der Waals surface area contributed by atoms with E-state index in [1.807, 2.05) is 61.5 Å². The summed E-state index contributed by atoms with van der Waals surface area (Å²) in [5, 5.41) is 0.749. The minimum absolute atomic E-state index is 0.749. The van der Waals surface area contributed by atoms with Crippen LogP contribution in [0.1, 0.15) is 17.0 Å². The van der Waals surface area contributed by atoms with Crippen molar-refractivity contribution in [2.45, 2.75) is 6.92 Å². The van der Waals surface area contributed by atoms with Crippen molar-refractivity contribution in [3.63, 3.8) is 0 Å². The van der Waals surface area contributed by atoms with Crippen LogP contribution in [0, 0.1) is 6.92 Å². The molecule has 0 aliphatic rings. The number of rotatable bonds is 2. The van der Waals surface area contributed by atoms with Crippen LogP contribution in [-0.2, 0) is 0 Å². The molecule has 0 aliphatic heterocycles. The highest BCUT2D eigenvalue weighted by molar-refractivity contribution is 6.30. The van der Waals surface area contributed by atoms with Crippen molar-refractivity contribution in [1.82, 2.24) is 4.98 Å². The number of pyridine rings is 1. The summed E-state index contributed by atoms with van der Waals surface area (Å²) in [6.45, 7) is 1.98. The molecule has 0 radical (unpaired) electrons. The molecular weight excluding hydrogens is 218 g/mol. The summed E-state index contributed by atoms with van der Waals surface area (Å²) in [7, 11) is 0. The van der Waals surface area contributed by atoms with Crippen molar-refractivity contribution in [2.75, 3.05) is 0 Å². The predicted molar refractivity (Wildman–Crippen MR) is 69.4 cm³/mol. The van der Waals surface area contributed by atoms with E-state index in [1.165, 1.54) is 0 Å². The SMILES string of the molecule is Cc1cccc(/C=C/c2cccc(Cl)c2)n1. The van der Waals surface area contributed by atoms with Gasteiger partial charge in [-0.1, -0.05) is 35.9 Å². The maximum atomic E-state index is 5.90. The minimum Gasteiger partial charge on any atom is -0.254 e. The highest BCUT2D eigenvalue weighted by Gasteiger charge is 1.91. The van der Waals surface area contributed by atoms with Gasteiger partial charge in [0.25, 0.3) is 0 Å². The van der Waals surface area contributed by atoms with Crippen molar-refractivity contribution in [3.05, 3.63) is 64.4 Å². The monoisotopic (exact) mass is 229 g/mol. The van der Waals surface area contributed by atoms with Crippen LogP contribution in [0.2, 0.25) is 5.02 Å². The Balaban J connectivity index is 2.21. The second kappa shape index (κ2) is 4.95. The number of aryl methyl sites for hydroxylation is 1. The molecule has 1 nitrogen and oxygen atoms in total. The van der Waals surface area contributed by atoms with Gasteiger partial charge in [-0.3, -0.25) is 4.98 Å². The molecule has 2 aromatic rings. The third-order valence-corrected chi connectivity index (χ3v) is 2.44. The maximum absolute atomic E-state index is 5.90. The second-order valence-corrected chi connectivity index (χ2v) is 4.03. The fraction of sp³-hybridized carbons (Fsp3) is 0.0714. The number of benzene rings is 1. The van der Waals surface area contributed by atoms with E-state index in [1.54, 1.807) is 0 Å². The van der Waals surface area contributed by atoms with Crippen LogP contribution >= 0.6 is 11.6 Å². The van der Waals surface area contributed by atoms with Gasteiger partial charge in [-0.15, -0.1) is 0 Å². The van der Waals surface area contributed by atoms with Crippen molar-refractivity contribution in [2.24, 2.45) is 0 Å². The van der Waals surface area contributed by atoms with Gasteiger partial charge in [0.05, 0.1) is 5.69 Å². The van der Waals surface area contributed by atoms with Crippen LogP contribution in [0.25, 0.3) is 12.2 Å². The fourth-order valence-electron chi connectivity index (χ4n) is 1.45. The maximum Gasteiger partial charge on any atom is 0.0633 e. The standard InChI is InChI=1S/C14H12ClN/c1-11-4-2-7-14(16-11)9-8-12-5-3-6-13(15)10-12/h2-10H,1H3/b9-8+. The highest BCUT2D eigenvalue weighted by Crippen LogP contribution is 2.13. The van der Waals surface area contributed by atoms with Gasteiger partial charge in [0.15, 0.2) is 0 Å². The van der Waals surface area contributed by atoms with E-state index in [9.17, 15) is 0 Å². The normalized spacial score (nSPS) is 10.9. The van der Waals surface area contributed by atoms with E-state index < -0.39 is 0 Å². The van der Waals surface area contributed by atoms with Crippen LogP contribution in [-0.4, -0.2) is 4.98 Å². The number of nitrogens with zero attached hydrogens (tertiary/aromatic N) is 1. The Morgan fingerprint density at radius 1 is 1.06 bits per heavy atom. The molecule has 0 N–H and O–H groups in total. The third-order valence-electron chi connectivity index (χ3n) is 2.21. The summed E-state index contributed by atoms with van der Waals surface area (Å²) in [4.78, 5) is 4.39. The van der Waals surface area contributed by atoms with Crippen molar-refractivity contribution >= 4 is 23.8 Å². The molecule has 2 heteroatoms. The number of hydrogen-bond donors (Lipinski definition) is 0. The van der Waals surface area contributed by atoms with Gasteiger partial charge in [0, 0.05) is 10.7 Å². The van der Waals surface area contributed by atoms with Gasteiger partial charge in [0.1, 0.15) is 0 Å². The van der Waals surface area contributed by atoms with Gasteiger partial charge in [-0.2, -0.15) is 0 Å². The van der Waals surface area contributed by atoms with Crippen LogP contribution in [0.3, 0.4) is 0 Å². The van der Waals surface area contributed by atoms with Gasteiger partial charge < -0.3 is 0 Å². The largest absolute Gasteiger partial charge is 0.254 e. The van der Waals surface area contributed by atoms with E-state index in [0.29, 0.717) is 0 Å². The fourth-order valence-corrected chi connectivity index (χ4v) is 1.65. The lowest BCUT2D eigenvalue weighted by atomic mass is 10.2. The molecule has 0 atom stereocenters. The minimum atomic E-state index is 0.749. The Hall–Kier alpha value is -1.60. The summed E-state index contributed by atoms with van der Waals surface area (Å²) < 4.78 is 0. The van der Waals surface area contributed by atoms with Crippen LogP contribution in [0.4, 0.5) is 0 Å². The summed E-state index contributed by atoms with van der Waals surface area (Å²) in [6.07, 6.45) is 3.99. The topological polar surface area (TPSA) is 12.9 Å². The van der Waals surface area contributed by atoms with E-state index in [-0.39, 0.29) is 0 Å². The van der Waals surface area contributed by atoms with Crippen LogP contribution < -0.4 is 0 Å². The number of halogens is 1. The molecule has 80 valence electrons. The highest BCUT2D eigenvalue weighted by atomic mass is 35.5. The Bertz CT molecular complexity index is 470. The molecule has 0 spiro atoms. The van der Waals surface area contributed by atoms with E-state index >= 15 is 0 Å². The molecule has 1 heterocycles. The van der Waals surface area contributed by atoms with Crippen molar-refractivity contribution < 1.29 is 0 Å². The second-order valence-electron chi connectivity index (χ2n) is 3.59. The van der Waals surface area contributed by atoms with E-state index in [0.717, 1.165) is 22.0 Å². The Kier molecular flexibility index (Phi) is 3.37. The predicted octanol–water partition coefficient (Wildman–Crippen LogP) is 4.21. The first kappa shape index (κ1) is 10.9. The van der Waals surface area contributed by atoms with Crippen molar-refractivity contribution in [1.29, 1.82) is 0 Å². The van der Waals surface area contributed by atoms with Crippen LogP contribution in [0.15, 0.2) is 42.5 Å². The van der Waals surface area contributed by atoms with Gasteiger partial charge in [-0.25, -0.2) is 0 Å². The van der Waals surface area contributed by atoms with Crippen molar-refractivity contribution in [3.8, 4) is 0 Å². The zero-order chi connectivity index (χ0) is 11.4. The van der Waals surface area contributed by atoms with E-state index in [2.05, 4.69) is 4.98 Å². The average molecular weight is 230 g/mol.